The summed E-state index contributed by atoms with van der Waals surface area (Å²) in [7, 11) is 0. The first kappa shape index (κ1) is 10.6. The Morgan fingerprint density at radius 3 is 3.00 bits per heavy atom. The number of benzene rings is 1. The number of fused-ring (bicyclic) bond motifs is 3. The summed E-state index contributed by atoms with van der Waals surface area (Å²) in [6, 6.07) is 9.65. The van der Waals surface area contributed by atoms with Gasteiger partial charge in [-0.25, -0.2) is 0 Å². The van der Waals surface area contributed by atoms with Crippen LogP contribution in [0, 0.1) is 11.8 Å². The second-order valence-corrected chi connectivity index (χ2v) is 6.06. The van der Waals surface area contributed by atoms with Crippen LogP contribution in [-0.4, -0.2) is 11.0 Å². The average Bonchev–Trinajstić information content (AvgIpc) is 3.11. The molecule has 2 heteroatoms. The standard InChI is InChI=1S/C16H20N2/c1-3-13-7-11(1)9-16(13)18-10-12-2-4-15-14(8-12)5-6-17-15/h2,4-6,8,11,13,16-18H,1,3,7,9-10H2. The molecule has 0 radical (unpaired) electrons. The Labute approximate surface area is 108 Å². The van der Waals surface area contributed by atoms with Crippen LogP contribution in [0.5, 0.6) is 0 Å². The summed E-state index contributed by atoms with van der Waals surface area (Å²) in [6.45, 7) is 1.02. The zero-order chi connectivity index (χ0) is 11.9. The summed E-state index contributed by atoms with van der Waals surface area (Å²) in [6.07, 6.45) is 7.85. The molecule has 0 amide bonds. The van der Waals surface area contributed by atoms with Gasteiger partial charge in [0.15, 0.2) is 0 Å². The lowest BCUT2D eigenvalue weighted by atomic mass is 9.95. The van der Waals surface area contributed by atoms with E-state index in [0.717, 1.165) is 24.4 Å². The number of aromatic nitrogens is 1. The highest BCUT2D eigenvalue weighted by atomic mass is 14.9. The molecule has 0 saturated heterocycles. The molecular formula is C16H20N2. The number of rotatable bonds is 3. The Kier molecular flexibility index (Phi) is 2.44. The van der Waals surface area contributed by atoms with Crippen LogP contribution in [0.4, 0.5) is 0 Å². The molecule has 4 rings (SSSR count). The zero-order valence-electron chi connectivity index (χ0n) is 10.7. The molecule has 2 aromatic rings. The van der Waals surface area contributed by atoms with Crippen molar-refractivity contribution in [3.8, 4) is 0 Å². The van der Waals surface area contributed by atoms with E-state index in [1.54, 1.807) is 0 Å². The van der Waals surface area contributed by atoms with Gasteiger partial charge in [0.1, 0.15) is 0 Å². The summed E-state index contributed by atoms with van der Waals surface area (Å²) < 4.78 is 0. The van der Waals surface area contributed by atoms with E-state index in [1.165, 1.54) is 42.1 Å². The quantitative estimate of drug-likeness (QED) is 0.845. The van der Waals surface area contributed by atoms with E-state index < -0.39 is 0 Å². The van der Waals surface area contributed by atoms with Crippen LogP contribution < -0.4 is 5.32 Å². The van der Waals surface area contributed by atoms with Gasteiger partial charge in [0.05, 0.1) is 0 Å². The summed E-state index contributed by atoms with van der Waals surface area (Å²) in [5, 5.41) is 5.10. The summed E-state index contributed by atoms with van der Waals surface area (Å²) in [5.74, 6) is 1.99. The van der Waals surface area contributed by atoms with Crippen molar-refractivity contribution >= 4 is 10.9 Å². The number of hydrogen-bond acceptors (Lipinski definition) is 1. The Morgan fingerprint density at radius 1 is 1.17 bits per heavy atom. The summed E-state index contributed by atoms with van der Waals surface area (Å²) in [5.41, 5.74) is 2.64. The maximum Gasteiger partial charge on any atom is 0.0454 e. The van der Waals surface area contributed by atoms with Crippen LogP contribution in [0.1, 0.15) is 31.2 Å². The van der Waals surface area contributed by atoms with Gasteiger partial charge in [-0.15, -0.1) is 0 Å². The van der Waals surface area contributed by atoms with E-state index in [0.29, 0.717) is 0 Å². The molecule has 0 spiro atoms. The van der Waals surface area contributed by atoms with E-state index in [2.05, 4.69) is 34.6 Å². The van der Waals surface area contributed by atoms with E-state index in [1.807, 2.05) is 6.20 Å². The van der Waals surface area contributed by atoms with Crippen molar-refractivity contribution < 1.29 is 0 Å². The molecule has 0 aliphatic heterocycles. The minimum atomic E-state index is 0.783. The van der Waals surface area contributed by atoms with Gasteiger partial charge >= 0.3 is 0 Å². The minimum absolute atomic E-state index is 0.783. The molecule has 3 unspecified atom stereocenters. The molecule has 94 valence electrons. The van der Waals surface area contributed by atoms with Crippen LogP contribution in [0.2, 0.25) is 0 Å². The average molecular weight is 240 g/mol. The fourth-order valence-corrected chi connectivity index (χ4v) is 3.96. The van der Waals surface area contributed by atoms with Gasteiger partial charge in [0.2, 0.25) is 0 Å². The lowest BCUT2D eigenvalue weighted by Gasteiger charge is -2.23. The maximum atomic E-state index is 3.78. The third-order valence-corrected chi connectivity index (χ3v) is 4.92. The van der Waals surface area contributed by atoms with Crippen LogP contribution in [-0.2, 0) is 6.54 Å². The molecule has 2 nitrogen and oxygen atoms in total. The highest BCUT2D eigenvalue weighted by Gasteiger charge is 2.38. The summed E-state index contributed by atoms with van der Waals surface area (Å²) in [4.78, 5) is 3.25. The Morgan fingerprint density at radius 2 is 2.17 bits per heavy atom. The van der Waals surface area contributed by atoms with E-state index >= 15 is 0 Å². The fraction of sp³-hybridized carbons (Fsp3) is 0.500. The van der Waals surface area contributed by atoms with Crippen molar-refractivity contribution in [1.29, 1.82) is 0 Å². The second kappa shape index (κ2) is 4.13. The first-order valence-electron chi connectivity index (χ1n) is 7.18. The Balaban J connectivity index is 1.45. The molecule has 2 aliphatic carbocycles. The van der Waals surface area contributed by atoms with Crippen LogP contribution in [0.25, 0.3) is 10.9 Å². The van der Waals surface area contributed by atoms with Gasteiger partial charge in [0.25, 0.3) is 0 Å². The van der Waals surface area contributed by atoms with Crippen molar-refractivity contribution in [3.05, 3.63) is 36.0 Å². The van der Waals surface area contributed by atoms with E-state index in [4.69, 9.17) is 0 Å². The first-order chi connectivity index (χ1) is 8.88. The Bertz CT molecular complexity index is 557. The molecule has 1 aromatic carbocycles. The normalized spacial score (nSPS) is 30.3. The molecule has 3 atom stereocenters. The highest BCUT2D eigenvalue weighted by molar-refractivity contribution is 5.79. The predicted molar refractivity (Wildman–Crippen MR) is 74.4 cm³/mol. The van der Waals surface area contributed by atoms with E-state index in [9.17, 15) is 0 Å². The van der Waals surface area contributed by atoms with Gasteiger partial charge in [-0.05, 0) is 60.2 Å². The van der Waals surface area contributed by atoms with Crippen molar-refractivity contribution in [1.82, 2.24) is 10.3 Å². The maximum absolute atomic E-state index is 3.78. The molecule has 1 aromatic heterocycles. The molecule has 2 N–H and O–H groups in total. The SMILES string of the molecule is c1cc2cc(CNC3CC4CCC3C4)ccc2[nH]1. The third kappa shape index (κ3) is 1.76. The monoisotopic (exact) mass is 240 g/mol. The number of nitrogens with one attached hydrogen (secondary N) is 2. The van der Waals surface area contributed by atoms with Crippen molar-refractivity contribution in [2.75, 3.05) is 0 Å². The van der Waals surface area contributed by atoms with Gasteiger partial charge < -0.3 is 10.3 Å². The topological polar surface area (TPSA) is 27.8 Å². The molecule has 2 aliphatic rings. The molecule has 2 saturated carbocycles. The van der Waals surface area contributed by atoms with Gasteiger partial charge in [-0.2, -0.15) is 0 Å². The van der Waals surface area contributed by atoms with Crippen LogP contribution in [0.3, 0.4) is 0 Å². The summed E-state index contributed by atoms with van der Waals surface area (Å²) >= 11 is 0. The van der Waals surface area contributed by atoms with Crippen molar-refractivity contribution in [2.24, 2.45) is 11.8 Å². The lowest BCUT2D eigenvalue weighted by Crippen LogP contribution is -2.33. The lowest BCUT2D eigenvalue weighted by molar-refractivity contribution is 0.351. The third-order valence-electron chi connectivity index (χ3n) is 4.92. The predicted octanol–water partition coefficient (Wildman–Crippen LogP) is 3.45. The van der Waals surface area contributed by atoms with Gasteiger partial charge in [0, 0.05) is 24.3 Å². The van der Waals surface area contributed by atoms with E-state index in [-0.39, 0.29) is 0 Å². The minimum Gasteiger partial charge on any atom is -0.361 e. The number of H-pyrrole nitrogens is 1. The molecule has 2 fully saturated rings. The fourth-order valence-electron chi connectivity index (χ4n) is 3.96. The number of hydrogen-bond donors (Lipinski definition) is 2. The van der Waals surface area contributed by atoms with Crippen molar-refractivity contribution in [3.63, 3.8) is 0 Å². The highest BCUT2D eigenvalue weighted by Crippen LogP contribution is 2.44. The molecular weight excluding hydrogens is 220 g/mol. The largest absolute Gasteiger partial charge is 0.361 e. The second-order valence-electron chi connectivity index (χ2n) is 6.06. The van der Waals surface area contributed by atoms with Gasteiger partial charge in [-0.1, -0.05) is 12.5 Å². The molecule has 2 bridgehead atoms. The van der Waals surface area contributed by atoms with Crippen molar-refractivity contribution in [2.45, 2.75) is 38.3 Å². The van der Waals surface area contributed by atoms with Crippen LogP contribution in [0.15, 0.2) is 30.5 Å². The molecule has 1 heterocycles. The first-order valence-corrected chi connectivity index (χ1v) is 7.18. The molecule has 18 heavy (non-hydrogen) atoms. The van der Waals surface area contributed by atoms with Crippen LogP contribution >= 0.6 is 0 Å². The number of aromatic amines is 1. The smallest absolute Gasteiger partial charge is 0.0454 e. The van der Waals surface area contributed by atoms with Gasteiger partial charge in [-0.3, -0.25) is 0 Å². The zero-order valence-corrected chi connectivity index (χ0v) is 10.7. The Hall–Kier alpha value is -1.28.